The van der Waals surface area contributed by atoms with Crippen LogP contribution in [0.2, 0.25) is 5.28 Å². The number of aromatic nitrogens is 3. The summed E-state index contributed by atoms with van der Waals surface area (Å²) >= 11 is 6.09. The molecular formula is C35H29ClN10O8S2. The molecule has 18 nitrogen and oxygen atoms in total. The van der Waals surface area contributed by atoms with E-state index in [1.165, 1.54) is 25.1 Å². The maximum atomic E-state index is 12.8. The molecule has 1 heterocycles. The highest BCUT2D eigenvalue weighted by molar-refractivity contribution is 7.86. The smallest absolute Gasteiger partial charge is 0.296 e. The molecule has 1 amide bonds. The van der Waals surface area contributed by atoms with Gasteiger partial charge in [0.15, 0.2) is 5.75 Å². The maximum Gasteiger partial charge on any atom is 0.296 e. The average molecular weight is 817 g/mol. The van der Waals surface area contributed by atoms with Gasteiger partial charge in [0, 0.05) is 11.3 Å². The number of carbonyl (C=O) groups is 1. The lowest BCUT2D eigenvalue weighted by molar-refractivity contribution is 0.102. The van der Waals surface area contributed by atoms with Crippen LogP contribution in [0.4, 0.5) is 46.0 Å². The Morgan fingerprint density at radius 3 is 2.11 bits per heavy atom. The van der Waals surface area contributed by atoms with E-state index in [4.69, 9.17) is 17.3 Å². The van der Waals surface area contributed by atoms with Crippen LogP contribution in [-0.2, 0) is 20.2 Å². The Hall–Kier alpha value is -6.45. The van der Waals surface area contributed by atoms with Gasteiger partial charge >= 0.3 is 0 Å². The molecule has 7 N–H and O–H groups in total. The summed E-state index contributed by atoms with van der Waals surface area (Å²) < 4.78 is 69.5. The number of phenolic OH excluding ortho intramolecular Hbond substituents is 1. The number of fused-ring (bicyclic) bond motifs is 1. The van der Waals surface area contributed by atoms with Gasteiger partial charge < -0.3 is 16.2 Å². The molecule has 0 spiro atoms. The van der Waals surface area contributed by atoms with Crippen LogP contribution in [0.25, 0.3) is 10.8 Å². The summed E-state index contributed by atoms with van der Waals surface area (Å²) in [6, 6.07) is 19.4. The second-order valence-electron chi connectivity index (χ2n) is 12.2. The van der Waals surface area contributed by atoms with E-state index in [2.05, 4.69) is 46.0 Å². The second kappa shape index (κ2) is 15.4. The molecule has 0 bridgehead atoms. The predicted molar refractivity (Wildman–Crippen MR) is 208 cm³/mol. The highest BCUT2D eigenvalue weighted by atomic mass is 35.5. The van der Waals surface area contributed by atoms with Crippen molar-refractivity contribution in [3.05, 3.63) is 106 Å². The fourth-order valence-corrected chi connectivity index (χ4v) is 6.80. The van der Waals surface area contributed by atoms with E-state index in [0.29, 0.717) is 11.3 Å². The Bertz CT molecular complexity index is 2860. The van der Waals surface area contributed by atoms with E-state index < -0.39 is 53.1 Å². The lowest BCUT2D eigenvalue weighted by Gasteiger charge is -2.14. The zero-order chi connectivity index (χ0) is 40.5. The van der Waals surface area contributed by atoms with Crippen molar-refractivity contribution in [3.63, 3.8) is 0 Å². The van der Waals surface area contributed by atoms with Crippen LogP contribution < -0.4 is 16.4 Å². The molecule has 0 fully saturated rings. The minimum absolute atomic E-state index is 0.0774. The number of rotatable bonds is 10. The minimum Gasteiger partial charge on any atom is -0.505 e. The number of aryl methyl sites for hydroxylation is 3. The maximum absolute atomic E-state index is 12.8. The number of aromatic hydroxyl groups is 1. The van der Waals surface area contributed by atoms with Crippen LogP contribution >= 0.6 is 11.6 Å². The summed E-state index contributed by atoms with van der Waals surface area (Å²) in [4.78, 5) is 23.5. The number of azo groups is 2. The summed E-state index contributed by atoms with van der Waals surface area (Å²) in [5, 5.41) is 32.5. The van der Waals surface area contributed by atoms with Gasteiger partial charge in [0.2, 0.25) is 17.2 Å². The number of phenols is 1. The third-order valence-corrected chi connectivity index (χ3v) is 9.92. The first-order valence-corrected chi connectivity index (χ1v) is 19.3. The van der Waals surface area contributed by atoms with Gasteiger partial charge in [-0.2, -0.15) is 36.9 Å². The molecule has 0 aliphatic carbocycles. The molecular weight excluding hydrogens is 788 g/mol. The van der Waals surface area contributed by atoms with Crippen molar-refractivity contribution in [2.24, 2.45) is 20.5 Å². The van der Waals surface area contributed by atoms with Gasteiger partial charge in [-0.25, -0.2) is 0 Å². The van der Waals surface area contributed by atoms with Gasteiger partial charge in [0.25, 0.3) is 26.1 Å². The number of benzene rings is 5. The van der Waals surface area contributed by atoms with Crippen molar-refractivity contribution < 1.29 is 35.8 Å². The lowest BCUT2D eigenvalue weighted by Crippen LogP contribution is -2.15. The molecule has 6 aromatic rings. The van der Waals surface area contributed by atoms with Crippen molar-refractivity contribution in [1.82, 2.24) is 15.0 Å². The zero-order valence-electron chi connectivity index (χ0n) is 29.3. The van der Waals surface area contributed by atoms with Crippen LogP contribution in [0.1, 0.15) is 27.0 Å². The second-order valence-corrected chi connectivity index (χ2v) is 15.3. The Morgan fingerprint density at radius 1 is 0.750 bits per heavy atom. The van der Waals surface area contributed by atoms with Gasteiger partial charge in [-0.3, -0.25) is 19.2 Å². The largest absolute Gasteiger partial charge is 0.505 e. The van der Waals surface area contributed by atoms with Crippen molar-refractivity contribution in [1.29, 1.82) is 0 Å². The van der Waals surface area contributed by atoms with E-state index in [0.717, 1.165) is 23.3 Å². The van der Waals surface area contributed by atoms with E-state index in [1.807, 2.05) is 19.9 Å². The van der Waals surface area contributed by atoms with Crippen molar-refractivity contribution in [3.8, 4) is 5.75 Å². The van der Waals surface area contributed by atoms with E-state index >= 15 is 0 Å². The highest BCUT2D eigenvalue weighted by Crippen LogP contribution is 2.47. The molecule has 0 unspecified atom stereocenters. The molecule has 0 atom stereocenters. The topological polar surface area (TPSA) is 284 Å². The molecule has 0 saturated carbocycles. The molecule has 286 valence electrons. The van der Waals surface area contributed by atoms with Gasteiger partial charge in [-0.1, -0.05) is 35.4 Å². The number of nitrogen functional groups attached to an aromatic ring is 1. The molecule has 0 radical (unpaired) electrons. The van der Waals surface area contributed by atoms with Crippen LogP contribution in [0.3, 0.4) is 0 Å². The summed E-state index contributed by atoms with van der Waals surface area (Å²) in [5.74, 6) is -1.47. The number of hydrogen-bond acceptors (Lipinski definition) is 15. The number of amides is 1. The first-order valence-electron chi connectivity index (χ1n) is 16.0. The minimum atomic E-state index is -4.89. The molecule has 21 heteroatoms. The Labute approximate surface area is 323 Å². The lowest BCUT2D eigenvalue weighted by atomic mass is 10.0. The molecule has 5 aromatic carbocycles. The number of nitrogens with zero attached hydrogens (tertiary/aromatic N) is 7. The normalized spacial score (nSPS) is 12.1. The van der Waals surface area contributed by atoms with Crippen molar-refractivity contribution >= 4 is 94.5 Å². The number of nitrogens with two attached hydrogens (primary N) is 1. The standard InChI is InChI=1S/C35H29ClN10O8S2/c1-17-7-9-22(10-8-17)43-46-30-26(56(52,53)54)15-21-14-19(3)29(31(47)27(21)28(30)37)45-44-24-16-23(11-12-25(24)55(49,50)51)38-34-40-33(36)41-35(42-34)39-32(48)20-6-4-5-18(2)13-20/h4-16,47H,37H2,1-3H3,(H,49,50,51)(H,52,53,54)(H2,38,39,40,41,42,48). The van der Waals surface area contributed by atoms with Gasteiger partial charge in [0.05, 0.1) is 16.8 Å². The Kier molecular flexibility index (Phi) is 10.8. The third kappa shape index (κ3) is 8.74. The van der Waals surface area contributed by atoms with E-state index in [-0.39, 0.29) is 50.6 Å². The first-order chi connectivity index (χ1) is 26.4. The van der Waals surface area contributed by atoms with Gasteiger partial charge in [-0.05, 0) is 97.9 Å². The number of nitrogens with one attached hydrogen (secondary N) is 2. The summed E-state index contributed by atoms with van der Waals surface area (Å²) in [6.45, 7) is 5.17. The zero-order valence-corrected chi connectivity index (χ0v) is 31.7. The summed E-state index contributed by atoms with van der Waals surface area (Å²) in [6.07, 6.45) is 0. The quantitative estimate of drug-likeness (QED) is 0.0432. The van der Waals surface area contributed by atoms with E-state index in [1.54, 1.807) is 42.5 Å². The number of hydrogen-bond donors (Lipinski definition) is 6. The van der Waals surface area contributed by atoms with Crippen molar-refractivity contribution in [2.45, 2.75) is 30.6 Å². The molecule has 0 aliphatic rings. The highest BCUT2D eigenvalue weighted by Gasteiger charge is 2.25. The molecule has 56 heavy (non-hydrogen) atoms. The fraction of sp³-hybridized carbons (Fsp3) is 0.0857. The summed E-state index contributed by atoms with van der Waals surface area (Å²) in [5.41, 5.74) is 7.69. The van der Waals surface area contributed by atoms with Gasteiger partial charge in [-0.15, -0.1) is 15.3 Å². The Morgan fingerprint density at radius 2 is 1.43 bits per heavy atom. The van der Waals surface area contributed by atoms with Crippen LogP contribution in [0, 0.1) is 20.8 Å². The number of halogens is 1. The Balaban J connectivity index is 1.38. The van der Waals surface area contributed by atoms with Crippen LogP contribution in [0.5, 0.6) is 5.75 Å². The van der Waals surface area contributed by atoms with Gasteiger partial charge in [0.1, 0.15) is 26.9 Å². The molecule has 0 saturated heterocycles. The predicted octanol–water partition coefficient (Wildman–Crippen LogP) is 8.21. The summed E-state index contributed by atoms with van der Waals surface area (Å²) in [7, 11) is -9.77. The first kappa shape index (κ1) is 39.2. The van der Waals surface area contributed by atoms with Crippen LogP contribution in [-0.4, -0.2) is 51.9 Å². The number of anilines is 4. The molecule has 0 aliphatic heterocycles. The average Bonchev–Trinajstić information content (AvgIpc) is 3.10. The monoisotopic (exact) mass is 816 g/mol. The SMILES string of the molecule is Cc1ccc(N=Nc2c(S(=O)(=O)O)cc3cc(C)c(N=Nc4cc(Nc5nc(Cl)nc(NC(=O)c6cccc(C)c6)n5)ccc4S(=O)(=O)O)c(O)c3c2N)cc1. The van der Waals surface area contributed by atoms with E-state index in [9.17, 15) is 35.8 Å². The molecule has 6 rings (SSSR count). The molecule has 1 aromatic heterocycles. The van der Waals surface area contributed by atoms with Crippen LogP contribution in [0.15, 0.2) is 109 Å². The van der Waals surface area contributed by atoms with Crippen molar-refractivity contribution in [2.75, 3.05) is 16.4 Å². The number of carbonyl (C=O) groups excluding carboxylic acids is 1. The third-order valence-electron chi connectivity index (χ3n) is 7.98. The fourth-order valence-electron chi connectivity index (χ4n) is 5.36.